The second-order valence-electron chi connectivity index (χ2n) is 8.95. The van der Waals surface area contributed by atoms with E-state index in [9.17, 15) is 10.5 Å². The molecule has 0 heterocycles. The van der Waals surface area contributed by atoms with Crippen molar-refractivity contribution < 1.29 is 0 Å². The van der Waals surface area contributed by atoms with Gasteiger partial charge in [0.05, 0.1) is 29.2 Å². The first-order valence-electron chi connectivity index (χ1n) is 10.9. The van der Waals surface area contributed by atoms with Crippen molar-refractivity contribution in [1.82, 2.24) is 5.32 Å². The van der Waals surface area contributed by atoms with Crippen molar-refractivity contribution in [3.8, 4) is 12.1 Å². The van der Waals surface area contributed by atoms with Crippen LogP contribution in [0.15, 0.2) is 72.8 Å². The van der Waals surface area contributed by atoms with Crippen molar-refractivity contribution in [2.45, 2.75) is 45.2 Å². The summed E-state index contributed by atoms with van der Waals surface area (Å²) in [6.07, 6.45) is 0.764. The Labute approximate surface area is 206 Å². The van der Waals surface area contributed by atoms with Gasteiger partial charge in [0.25, 0.3) is 0 Å². The van der Waals surface area contributed by atoms with E-state index in [1.165, 1.54) is 0 Å². The van der Waals surface area contributed by atoms with E-state index < -0.39 is 5.41 Å². The van der Waals surface area contributed by atoms with Gasteiger partial charge in [-0.15, -0.1) is 0 Å². The Morgan fingerprint density at radius 1 is 0.879 bits per heavy atom. The molecule has 5 heteroatoms. The zero-order valence-electron chi connectivity index (χ0n) is 19.0. The summed E-state index contributed by atoms with van der Waals surface area (Å²) in [6, 6.07) is 27.8. The standard InChI is InChI=1S/C28H27Cl2N3/c1-19(33-27(28(2,3)18-32)22-9-13-25(30)14-10-22)26(16-20-7-11-24(29)12-8-20)23-6-4-5-21(15-23)17-31/h4-15,19,26-27,33H,16H2,1-3H3/t19?,26?,27-/m0/s1. The van der Waals surface area contributed by atoms with Crippen molar-refractivity contribution in [2.75, 3.05) is 0 Å². The Morgan fingerprint density at radius 2 is 1.48 bits per heavy atom. The van der Waals surface area contributed by atoms with Crippen LogP contribution in [0, 0.1) is 28.1 Å². The molecule has 0 aliphatic rings. The molecule has 1 N–H and O–H groups in total. The lowest BCUT2D eigenvalue weighted by molar-refractivity contribution is 0.281. The van der Waals surface area contributed by atoms with Gasteiger partial charge in [0.2, 0.25) is 0 Å². The minimum Gasteiger partial charge on any atom is -0.305 e. The Hall–Kier alpha value is -2.82. The van der Waals surface area contributed by atoms with Gasteiger partial charge in [-0.1, -0.05) is 59.6 Å². The van der Waals surface area contributed by atoms with Gasteiger partial charge >= 0.3 is 0 Å². The summed E-state index contributed by atoms with van der Waals surface area (Å²) in [5.74, 6) is 0.0729. The molecule has 2 unspecified atom stereocenters. The fourth-order valence-corrected chi connectivity index (χ4v) is 4.37. The summed E-state index contributed by atoms with van der Waals surface area (Å²) in [4.78, 5) is 0. The smallest absolute Gasteiger partial charge is 0.0991 e. The van der Waals surface area contributed by atoms with Crippen LogP contribution in [0.5, 0.6) is 0 Å². The fraction of sp³-hybridized carbons (Fsp3) is 0.286. The van der Waals surface area contributed by atoms with Crippen molar-refractivity contribution in [3.63, 3.8) is 0 Å². The third-order valence-electron chi connectivity index (χ3n) is 6.06. The summed E-state index contributed by atoms with van der Waals surface area (Å²) < 4.78 is 0. The van der Waals surface area contributed by atoms with Crippen molar-refractivity contribution in [2.24, 2.45) is 5.41 Å². The van der Waals surface area contributed by atoms with E-state index in [0.717, 1.165) is 23.1 Å². The topological polar surface area (TPSA) is 59.6 Å². The molecule has 0 fully saturated rings. The molecule has 168 valence electrons. The number of hydrogen-bond acceptors (Lipinski definition) is 3. The van der Waals surface area contributed by atoms with Crippen LogP contribution in [0.2, 0.25) is 10.0 Å². The molecule has 0 aliphatic heterocycles. The van der Waals surface area contributed by atoms with Crippen LogP contribution in [0.4, 0.5) is 0 Å². The molecule has 0 saturated heterocycles. The quantitative estimate of drug-likeness (QED) is 0.367. The molecule has 0 amide bonds. The van der Waals surface area contributed by atoms with E-state index in [1.807, 2.05) is 80.6 Å². The first kappa shape index (κ1) is 24.8. The highest BCUT2D eigenvalue weighted by molar-refractivity contribution is 6.30. The largest absolute Gasteiger partial charge is 0.305 e. The first-order valence-corrected chi connectivity index (χ1v) is 11.7. The van der Waals surface area contributed by atoms with Gasteiger partial charge in [-0.3, -0.25) is 0 Å². The predicted octanol–water partition coefficient (Wildman–Crippen LogP) is 7.46. The highest BCUT2D eigenvalue weighted by Crippen LogP contribution is 2.36. The molecular weight excluding hydrogens is 449 g/mol. The minimum absolute atomic E-state index is 0.00271. The zero-order valence-corrected chi connectivity index (χ0v) is 20.5. The SMILES string of the molecule is CC(N[C@@H](c1ccc(Cl)cc1)C(C)(C)C#N)C(Cc1ccc(Cl)cc1)c1cccc(C#N)c1. The van der Waals surface area contributed by atoms with Gasteiger partial charge in [-0.25, -0.2) is 0 Å². The van der Waals surface area contributed by atoms with Crippen LogP contribution in [-0.4, -0.2) is 6.04 Å². The lowest BCUT2D eigenvalue weighted by Crippen LogP contribution is -2.42. The van der Waals surface area contributed by atoms with Crippen molar-refractivity contribution >= 4 is 23.2 Å². The van der Waals surface area contributed by atoms with E-state index in [-0.39, 0.29) is 18.0 Å². The zero-order chi connectivity index (χ0) is 24.0. The van der Waals surface area contributed by atoms with Gasteiger partial charge in [-0.05, 0) is 80.3 Å². The molecule has 3 rings (SSSR count). The average molecular weight is 476 g/mol. The maximum atomic E-state index is 9.91. The molecule has 0 bridgehead atoms. The van der Waals surface area contributed by atoms with E-state index in [4.69, 9.17) is 23.2 Å². The highest BCUT2D eigenvalue weighted by Gasteiger charge is 2.34. The Bertz CT molecular complexity index is 1160. The van der Waals surface area contributed by atoms with Gasteiger partial charge < -0.3 is 5.32 Å². The minimum atomic E-state index is -0.651. The molecule has 33 heavy (non-hydrogen) atoms. The molecule has 0 aromatic heterocycles. The monoisotopic (exact) mass is 475 g/mol. The summed E-state index contributed by atoms with van der Waals surface area (Å²) in [5.41, 5.74) is 3.22. The molecule has 0 radical (unpaired) electrons. The lowest BCUT2D eigenvalue weighted by Gasteiger charge is -2.35. The number of rotatable bonds is 8. The van der Waals surface area contributed by atoms with Gasteiger partial charge in [0, 0.05) is 22.0 Å². The Kier molecular flexibility index (Phi) is 8.17. The third kappa shape index (κ3) is 6.37. The van der Waals surface area contributed by atoms with Crippen molar-refractivity contribution in [1.29, 1.82) is 10.5 Å². The summed E-state index contributed by atoms with van der Waals surface area (Å²) in [6.45, 7) is 6.02. The van der Waals surface area contributed by atoms with Crippen LogP contribution < -0.4 is 5.32 Å². The number of benzene rings is 3. The van der Waals surface area contributed by atoms with E-state index in [1.54, 1.807) is 0 Å². The van der Waals surface area contributed by atoms with Gasteiger partial charge in [0.1, 0.15) is 0 Å². The number of nitrogens with zero attached hydrogens (tertiary/aromatic N) is 2. The highest BCUT2D eigenvalue weighted by atomic mass is 35.5. The molecule has 3 nitrogen and oxygen atoms in total. The van der Waals surface area contributed by atoms with Crippen LogP contribution in [-0.2, 0) is 6.42 Å². The molecule has 0 aliphatic carbocycles. The lowest BCUT2D eigenvalue weighted by atomic mass is 9.79. The molecular formula is C28H27Cl2N3. The maximum Gasteiger partial charge on any atom is 0.0991 e. The van der Waals surface area contributed by atoms with E-state index in [0.29, 0.717) is 15.6 Å². The summed E-state index contributed by atoms with van der Waals surface area (Å²) in [7, 11) is 0. The Morgan fingerprint density at radius 3 is 2.06 bits per heavy atom. The first-order chi connectivity index (χ1) is 15.7. The number of nitrogens with one attached hydrogen (secondary N) is 1. The third-order valence-corrected chi connectivity index (χ3v) is 6.56. The van der Waals surface area contributed by atoms with Crippen LogP contribution >= 0.6 is 23.2 Å². The second kappa shape index (κ2) is 10.9. The molecule has 3 atom stereocenters. The average Bonchev–Trinajstić information content (AvgIpc) is 2.82. The number of nitriles is 2. The number of hydrogen-bond donors (Lipinski definition) is 1. The molecule has 0 spiro atoms. The van der Waals surface area contributed by atoms with E-state index >= 15 is 0 Å². The Balaban J connectivity index is 1.98. The molecule has 3 aromatic rings. The summed E-state index contributed by atoms with van der Waals surface area (Å²) in [5, 5.41) is 24.4. The van der Waals surface area contributed by atoms with Crippen molar-refractivity contribution in [3.05, 3.63) is 105 Å². The van der Waals surface area contributed by atoms with Gasteiger partial charge in [0.15, 0.2) is 0 Å². The van der Waals surface area contributed by atoms with Gasteiger partial charge in [-0.2, -0.15) is 10.5 Å². The van der Waals surface area contributed by atoms with E-state index in [2.05, 4.69) is 30.4 Å². The van der Waals surface area contributed by atoms with Crippen LogP contribution in [0.25, 0.3) is 0 Å². The molecule has 3 aromatic carbocycles. The number of halogens is 2. The van der Waals surface area contributed by atoms with Crippen LogP contribution in [0.1, 0.15) is 55.0 Å². The van der Waals surface area contributed by atoms with Crippen LogP contribution in [0.3, 0.4) is 0 Å². The summed E-state index contributed by atoms with van der Waals surface area (Å²) >= 11 is 12.2. The normalized spacial score (nSPS) is 14.0. The second-order valence-corrected chi connectivity index (χ2v) is 9.82. The molecule has 0 saturated carbocycles. The predicted molar refractivity (Wildman–Crippen MR) is 135 cm³/mol. The fourth-order valence-electron chi connectivity index (χ4n) is 4.12. The maximum absolute atomic E-state index is 9.91.